The second-order valence-electron chi connectivity index (χ2n) is 3.46. The maximum Gasteiger partial charge on any atom is 0.300 e. The van der Waals surface area contributed by atoms with Gasteiger partial charge in [-0.25, -0.2) is 15.0 Å². The number of hydrogen-bond donors (Lipinski definition) is 0. The molecule has 2 rings (SSSR count). The molecule has 2 aromatic rings. The van der Waals surface area contributed by atoms with Gasteiger partial charge in [0.15, 0.2) is 0 Å². The summed E-state index contributed by atoms with van der Waals surface area (Å²) in [6, 6.07) is 4.71. The zero-order chi connectivity index (χ0) is 14.0. The van der Waals surface area contributed by atoms with Crippen molar-refractivity contribution in [3.05, 3.63) is 40.9 Å². The molecule has 9 heteroatoms. The third-order valence-electron chi connectivity index (χ3n) is 2.31. The highest BCUT2D eigenvalue weighted by Gasteiger charge is 2.27. The fraction of sp³-hybridized carbons (Fsp3) is 0.100. The Labute approximate surface area is 120 Å². The van der Waals surface area contributed by atoms with Crippen molar-refractivity contribution in [1.29, 1.82) is 0 Å². The van der Waals surface area contributed by atoms with Crippen molar-refractivity contribution < 1.29 is 8.42 Å². The van der Waals surface area contributed by atoms with Crippen LogP contribution in [0.1, 0.15) is 0 Å². The Kier molecular flexibility index (Phi) is 3.88. The van der Waals surface area contributed by atoms with Crippen LogP contribution in [0.25, 0.3) is 0 Å². The van der Waals surface area contributed by atoms with E-state index in [1.807, 2.05) is 0 Å². The van der Waals surface area contributed by atoms with E-state index in [4.69, 9.17) is 23.2 Å². The summed E-state index contributed by atoms with van der Waals surface area (Å²) in [6.07, 6.45) is 2.20. The quantitative estimate of drug-likeness (QED) is 0.865. The van der Waals surface area contributed by atoms with Crippen LogP contribution in [0.3, 0.4) is 0 Å². The van der Waals surface area contributed by atoms with Gasteiger partial charge in [-0.2, -0.15) is 8.42 Å². The lowest BCUT2D eigenvalue weighted by Gasteiger charge is -2.20. The molecule has 1 aromatic carbocycles. The number of hydrogen-bond acceptors (Lipinski definition) is 5. The highest BCUT2D eigenvalue weighted by molar-refractivity contribution is 7.92. The van der Waals surface area contributed by atoms with E-state index in [1.165, 1.54) is 7.05 Å². The van der Waals surface area contributed by atoms with Crippen molar-refractivity contribution in [2.24, 2.45) is 0 Å². The van der Waals surface area contributed by atoms with Crippen LogP contribution in [0, 0.1) is 0 Å². The minimum Gasteiger partial charge on any atom is -0.264 e. The molecule has 1 heterocycles. The SMILES string of the molecule is CN(c1c(Cl)cccc1Cl)S(=O)(=O)c1ncncn1. The van der Waals surface area contributed by atoms with E-state index in [-0.39, 0.29) is 20.9 Å². The summed E-state index contributed by atoms with van der Waals surface area (Å²) in [4.78, 5) is 10.8. The van der Waals surface area contributed by atoms with Gasteiger partial charge in [-0.15, -0.1) is 0 Å². The molecule has 0 saturated carbocycles. The van der Waals surface area contributed by atoms with Gasteiger partial charge in [0, 0.05) is 7.05 Å². The monoisotopic (exact) mass is 318 g/mol. The van der Waals surface area contributed by atoms with Gasteiger partial charge in [-0.1, -0.05) is 29.3 Å². The van der Waals surface area contributed by atoms with Gasteiger partial charge in [0.1, 0.15) is 12.7 Å². The van der Waals surface area contributed by atoms with E-state index in [1.54, 1.807) is 18.2 Å². The van der Waals surface area contributed by atoms with Crippen molar-refractivity contribution in [3.63, 3.8) is 0 Å². The second-order valence-corrected chi connectivity index (χ2v) is 6.14. The van der Waals surface area contributed by atoms with Crippen LogP contribution in [0.2, 0.25) is 10.0 Å². The molecule has 19 heavy (non-hydrogen) atoms. The Hall–Kier alpha value is -1.44. The number of rotatable bonds is 3. The molecule has 0 saturated heterocycles. The lowest BCUT2D eigenvalue weighted by Crippen LogP contribution is -2.28. The molecule has 1 aromatic heterocycles. The Bertz CT molecular complexity index is 674. The molecular weight excluding hydrogens is 311 g/mol. The van der Waals surface area contributed by atoms with Gasteiger partial charge < -0.3 is 0 Å². The number of sulfonamides is 1. The first kappa shape index (κ1) is 14.0. The summed E-state index contributed by atoms with van der Waals surface area (Å²) in [5.41, 5.74) is 0.172. The standard InChI is InChI=1S/C10H8Cl2N4O2S/c1-16(9-7(11)3-2-4-8(9)12)19(17,18)10-14-5-13-6-15-10/h2-6H,1H3. The lowest BCUT2D eigenvalue weighted by atomic mass is 10.3. The van der Waals surface area contributed by atoms with Gasteiger partial charge in [0.25, 0.3) is 15.2 Å². The third kappa shape index (κ3) is 2.63. The van der Waals surface area contributed by atoms with E-state index in [2.05, 4.69) is 15.0 Å². The van der Waals surface area contributed by atoms with Gasteiger partial charge >= 0.3 is 0 Å². The second kappa shape index (κ2) is 5.28. The molecule has 0 bridgehead atoms. The molecule has 0 N–H and O–H groups in total. The van der Waals surface area contributed by atoms with E-state index >= 15 is 0 Å². The van der Waals surface area contributed by atoms with Crippen LogP contribution < -0.4 is 4.31 Å². The lowest BCUT2D eigenvalue weighted by molar-refractivity contribution is 0.584. The summed E-state index contributed by atoms with van der Waals surface area (Å²) in [5, 5.41) is 0.0567. The van der Waals surface area contributed by atoms with Crippen LogP contribution in [0.15, 0.2) is 36.0 Å². The fourth-order valence-electron chi connectivity index (χ4n) is 1.39. The maximum atomic E-state index is 12.3. The Morgan fingerprint density at radius 3 is 2.16 bits per heavy atom. The normalized spacial score (nSPS) is 11.3. The van der Waals surface area contributed by atoms with Crippen LogP contribution in [-0.4, -0.2) is 30.4 Å². The predicted octanol–water partition coefficient (Wildman–Crippen LogP) is 2.00. The topological polar surface area (TPSA) is 76.1 Å². The first-order valence-electron chi connectivity index (χ1n) is 4.99. The molecule has 0 unspecified atom stereocenters. The number of aromatic nitrogens is 3. The summed E-state index contributed by atoms with van der Waals surface area (Å²) < 4.78 is 25.5. The van der Waals surface area contributed by atoms with E-state index in [0.717, 1.165) is 17.0 Å². The van der Waals surface area contributed by atoms with E-state index in [0.29, 0.717) is 0 Å². The maximum absolute atomic E-state index is 12.3. The molecular formula is C10H8Cl2N4O2S. The number of para-hydroxylation sites is 1. The van der Waals surface area contributed by atoms with Crippen LogP contribution in [-0.2, 0) is 10.0 Å². The molecule has 0 aliphatic carbocycles. The molecule has 0 amide bonds. The van der Waals surface area contributed by atoms with Crippen LogP contribution >= 0.6 is 23.2 Å². The van der Waals surface area contributed by atoms with Crippen molar-refractivity contribution in [1.82, 2.24) is 15.0 Å². The van der Waals surface area contributed by atoms with Crippen LogP contribution in [0.4, 0.5) is 5.69 Å². The van der Waals surface area contributed by atoms with Gasteiger partial charge in [-0.05, 0) is 12.1 Å². The zero-order valence-electron chi connectivity index (χ0n) is 9.66. The molecule has 6 nitrogen and oxygen atoms in total. The predicted molar refractivity (Wildman–Crippen MR) is 71.9 cm³/mol. The summed E-state index contributed by atoms with van der Waals surface area (Å²) in [5.74, 6) is 0. The van der Waals surface area contributed by atoms with E-state index in [9.17, 15) is 8.42 Å². The van der Waals surface area contributed by atoms with Crippen molar-refractivity contribution in [2.45, 2.75) is 5.16 Å². The molecule has 0 aliphatic rings. The smallest absolute Gasteiger partial charge is 0.264 e. The van der Waals surface area contributed by atoms with Gasteiger partial charge in [0.05, 0.1) is 15.7 Å². The first-order valence-corrected chi connectivity index (χ1v) is 7.19. The Morgan fingerprint density at radius 2 is 1.63 bits per heavy atom. The average molecular weight is 319 g/mol. The largest absolute Gasteiger partial charge is 0.300 e. The summed E-state index contributed by atoms with van der Waals surface area (Å²) in [6.45, 7) is 0. The molecule has 100 valence electrons. The van der Waals surface area contributed by atoms with E-state index < -0.39 is 10.0 Å². The van der Waals surface area contributed by atoms with Gasteiger partial charge in [0.2, 0.25) is 0 Å². The van der Waals surface area contributed by atoms with Crippen molar-refractivity contribution in [2.75, 3.05) is 11.4 Å². The molecule has 0 fully saturated rings. The number of benzene rings is 1. The number of anilines is 1. The summed E-state index contributed by atoms with van der Waals surface area (Å²) >= 11 is 11.9. The Balaban J connectivity index is 2.53. The first-order chi connectivity index (χ1) is 8.94. The van der Waals surface area contributed by atoms with Crippen LogP contribution in [0.5, 0.6) is 0 Å². The number of halogens is 2. The fourth-order valence-corrected chi connectivity index (χ4v) is 3.19. The number of nitrogens with zero attached hydrogens (tertiary/aromatic N) is 4. The highest BCUT2D eigenvalue weighted by Crippen LogP contribution is 2.34. The average Bonchev–Trinajstić information content (AvgIpc) is 2.39. The highest BCUT2D eigenvalue weighted by atomic mass is 35.5. The summed E-state index contributed by atoms with van der Waals surface area (Å²) in [7, 11) is -2.61. The Morgan fingerprint density at radius 1 is 1.11 bits per heavy atom. The minimum absolute atomic E-state index is 0.172. The molecule has 0 atom stereocenters. The molecule has 0 radical (unpaired) electrons. The van der Waals surface area contributed by atoms with Gasteiger partial charge in [-0.3, -0.25) is 4.31 Å². The molecule has 0 spiro atoms. The zero-order valence-corrected chi connectivity index (χ0v) is 12.0. The molecule has 0 aliphatic heterocycles. The van der Waals surface area contributed by atoms with Crippen molar-refractivity contribution >= 4 is 38.9 Å². The van der Waals surface area contributed by atoms with Crippen molar-refractivity contribution in [3.8, 4) is 0 Å². The third-order valence-corrected chi connectivity index (χ3v) is 4.50. The minimum atomic E-state index is -3.93.